The van der Waals surface area contributed by atoms with Crippen molar-refractivity contribution in [3.05, 3.63) is 169 Å². The molecule has 0 spiro atoms. The summed E-state index contributed by atoms with van der Waals surface area (Å²) in [6, 6.07) is 52.3. The van der Waals surface area contributed by atoms with E-state index in [-0.39, 0.29) is 11.9 Å². The lowest BCUT2D eigenvalue weighted by Crippen LogP contribution is -2.08. The van der Waals surface area contributed by atoms with Gasteiger partial charge in [-0.3, -0.25) is 0 Å². The smallest absolute Gasteiger partial charge is 0.339 e. The third kappa shape index (κ3) is 8.98. The second kappa shape index (κ2) is 18.5. The van der Waals surface area contributed by atoms with Crippen LogP contribution in [0.1, 0.15) is 59.2 Å². The van der Waals surface area contributed by atoms with Gasteiger partial charge in [-0.1, -0.05) is 121 Å². The molecular weight excluding hydrogens is 721 g/mol. The van der Waals surface area contributed by atoms with Crippen molar-refractivity contribution in [2.24, 2.45) is 0 Å². The van der Waals surface area contributed by atoms with Crippen molar-refractivity contribution >= 4 is 55.0 Å². The summed E-state index contributed by atoms with van der Waals surface area (Å²) in [5.74, 6) is 1.11. The van der Waals surface area contributed by atoms with Crippen LogP contribution in [-0.2, 0) is 9.47 Å². The van der Waals surface area contributed by atoms with Crippen LogP contribution in [0.15, 0.2) is 158 Å². The molecule has 0 saturated carbocycles. The van der Waals surface area contributed by atoms with Gasteiger partial charge in [0, 0.05) is 0 Å². The van der Waals surface area contributed by atoms with Gasteiger partial charge in [0.15, 0.2) is 0 Å². The third-order valence-corrected chi connectivity index (χ3v) is 10.6. The molecule has 8 rings (SSSR count). The van der Waals surface area contributed by atoms with Crippen LogP contribution < -0.4 is 9.47 Å². The first-order valence-electron chi connectivity index (χ1n) is 20.2. The zero-order valence-corrected chi connectivity index (χ0v) is 32.5. The zero-order valence-electron chi connectivity index (χ0n) is 32.5. The van der Waals surface area contributed by atoms with Crippen molar-refractivity contribution in [2.75, 3.05) is 26.4 Å². The number of unbranched alkanes of at least 4 members (excludes halogenated alkanes) is 4. The first-order valence-corrected chi connectivity index (χ1v) is 20.2. The average molecular weight is 767 g/mol. The summed E-state index contributed by atoms with van der Waals surface area (Å²) in [6.07, 6.45) is 5.09. The number of rotatable bonds is 17. The monoisotopic (exact) mass is 766 g/mol. The molecule has 0 amide bonds. The van der Waals surface area contributed by atoms with Crippen molar-refractivity contribution in [3.63, 3.8) is 0 Å². The van der Waals surface area contributed by atoms with Crippen LogP contribution in [0.2, 0.25) is 0 Å². The Kier molecular flexibility index (Phi) is 12.2. The number of hydrogen-bond acceptors (Lipinski definition) is 6. The van der Waals surface area contributed by atoms with E-state index in [1.165, 1.54) is 0 Å². The molecule has 0 aliphatic heterocycles. The molecule has 0 bridgehead atoms. The fourth-order valence-corrected chi connectivity index (χ4v) is 7.57. The molecule has 0 fully saturated rings. The van der Waals surface area contributed by atoms with Crippen LogP contribution in [0.5, 0.6) is 11.5 Å². The first-order chi connectivity index (χ1) is 28.6. The highest BCUT2D eigenvalue weighted by Gasteiger charge is 2.17. The molecule has 0 radical (unpaired) electrons. The predicted octanol–water partition coefficient (Wildman–Crippen LogP) is 12.8. The largest absolute Gasteiger partial charge is 0.494 e. The SMILES string of the molecule is O=C(OCCCCCOc1ccc(-c2ccc(OCCCCCOC(=O)c3c4ccccc4cc4ccccc34)cc2)cc1)c1c2ccccc2cc2ccccc12. The van der Waals surface area contributed by atoms with Crippen molar-refractivity contribution < 1.29 is 28.5 Å². The lowest BCUT2D eigenvalue weighted by molar-refractivity contribution is 0.0492. The minimum absolute atomic E-state index is 0.275. The van der Waals surface area contributed by atoms with Crippen molar-refractivity contribution in [1.29, 1.82) is 0 Å². The van der Waals surface area contributed by atoms with E-state index in [1.54, 1.807) is 0 Å². The van der Waals surface area contributed by atoms with Crippen molar-refractivity contribution in [1.82, 2.24) is 0 Å². The Labute approximate surface area is 338 Å². The minimum atomic E-state index is -0.275. The topological polar surface area (TPSA) is 71.1 Å². The predicted molar refractivity (Wildman–Crippen MR) is 234 cm³/mol. The molecule has 0 aromatic heterocycles. The van der Waals surface area contributed by atoms with Crippen LogP contribution in [0, 0.1) is 0 Å². The quantitative estimate of drug-likeness (QED) is 0.0522. The number of carbonyl (C=O) groups excluding carboxylic acids is 2. The summed E-state index contributed by atoms with van der Waals surface area (Å²) in [5.41, 5.74) is 3.48. The standard InChI is InChI=1S/C52H46O6/c53-51(49-45-19-7-3-15-39(45)35-40-16-4-8-20-46(40)49)57-33-13-1-11-31-55-43-27-23-37(24-28-43)38-25-29-44(30-26-38)56-32-12-2-14-34-58-52(54)50-47-21-9-5-17-41(47)36-42-18-6-10-22-48(42)50/h3-10,15-30,35-36H,1-2,11-14,31-34H2. The highest BCUT2D eigenvalue weighted by atomic mass is 16.5. The number of ether oxygens (including phenoxy) is 4. The lowest BCUT2D eigenvalue weighted by atomic mass is 9.97. The van der Waals surface area contributed by atoms with Gasteiger partial charge >= 0.3 is 11.9 Å². The van der Waals surface area contributed by atoms with E-state index in [0.29, 0.717) is 37.6 Å². The van der Waals surface area contributed by atoms with E-state index in [2.05, 4.69) is 36.4 Å². The molecule has 6 heteroatoms. The minimum Gasteiger partial charge on any atom is -0.494 e. The molecule has 58 heavy (non-hydrogen) atoms. The fourth-order valence-electron chi connectivity index (χ4n) is 7.57. The van der Waals surface area contributed by atoms with E-state index in [1.807, 2.05) is 121 Å². The molecule has 0 aliphatic rings. The van der Waals surface area contributed by atoms with Gasteiger partial charge in [0.25, 0.3) is 0 Å². The normalized spacial score (nSPS) is 11.2. The van der Waals surface area contributed by atoms with E-state index in [9.17, 15) is 9.59 Å². The number of carbonyl (C=O) groups is 2. The molecule has 8 aromatic rings. The van der Waals surface area contributed by atoms with Gasteiger partial charge in [0.1, 0.15) is 11.5 Å². The Morgan fingerprint density at radius 1 is 0.345 bits per heavy atom. The molecule has 0 N–H and O–H groups in total. The van der Waals surface area contributed by atoms with Crippen LogP contribution in [0.3, 0.4) is 0 Å². The second-order valence-electron chi connectivity index (χ2n) is 14.5. The maximum Gasteiger partial charge on any atom is 0.339 e. The number of esters is 2. The van der Waals surface area contributed by atoms with E-state index >= 15 is 0 Å². The summed E-state index contributed by atoms with van der Waals surface area (Å²) >= 11 is 0. The number of hydrogen-bond donors (Lipinski definition) is 0. The van der Waals surface area contributed by atoms with Gasteiger partial charge in [-0.05, 0) is 129 Å². The van der Waals surface area contributed by atoms with Crippen LogP contribution >= 0.6 is 0 Å². The summed E-state index contributed by atoms with van der Waals surface area (Å²) in [4.78, 5) is 26.4. The van der Waals surface area contributed by atoms with Crippen molar-refractivity contribution in [3.8, 4) is 22.6 Å². The van der Waals surface area contributed by atoms with E-state index < -0.39 is 0 Å². The molecule has 0 heterocycles. The second-order valence-corrected chi connectivity index (χ2v) is 14.5. The Balaban J connectivity index is 0.712. The Morgan fingerprint density at radius 3 is 1.00 bits per heavy atom. The third-order valence-electron chi connectivity index (χ3n) is 10.6. The molecular formula is C52H46O6. The Hall–Kier alpha value is -6.66. The molecule has 8 aromatic carbocycles. The molecule has 0 aliphatic carbocycles. The summed E-state index contributed by atoms with van der Waals surface area (Å²) in [6.45, 7) is 1.95. The lowest BCUT2D eigenvalue weighted by Gasteiger charge is -2.12. The van der Waals surface area contributed by atoms with Gasteiger partial charge in [-0.15, -0.1) is 0 Å². The molecule has 6 nitrogen and oxygen atoms in total. The Bertz CT molecular complexity index is 2370. The summed E-state index contributed by atoms with van der Waals surface area (Å²) < 4.78 is 23.5. The van der Waals surface area contributed by atoms with Crippen LogP contribution in [-0.4, -0.2) is 38.4 Å². The molecule has 0 unspecified atom stereocenters. The highest BCUT2D eigenvalue weighted by Crippen LogP contribution is 2.31. The van der Waals surface area contributed by atoms with Crippen molar-refractivity contribution in [2.45, 2.75) is 38.5 Å². The van der Waals surface area contributed by atoms with E-state index in [0.717, 1.165) is 104 Å². The first kappa shape index (κ1) is 38.2. The van der Waals surface area contributed by atoms with Gasteiger partial charge in [-0.25, -0.2) is 9.59 Å². The molecule has 0 saturated heterocycles. The Morgan fingerprint density at radius 2 is 0.655 bits per heavy atom. The van der Waals surface area contributed by atoms with Crippen LogP contribution in [0.25, 0.3) is 54.2 Å². The number of benzene rings is 8. The van der Waals surface area contributed by atoms with Gasteiger partial charge < -0.3 is 18.9 Å². The maximum absolute atomic E-state index is 13.2. The van der Waals surface area contributed by atoms with Gasteiger partial charge in [0.05, 0.1) is 37.6 Å². The fraction of sp³-hybridized carbons (Fsp3) is 0.192. The van der Waals surface area contributed by atoms with Crippen LogP contribution in [0.4, 0.5) is 0 Å². The summed E-state index contributed by atoms with van der Waals surface area (Å²) in [5, 5.41) is 7.80. The van der Waals surface area contributed by atoms with Gasteiger partial charge in [-0.2, -0.15) is 0 Å². The maximum atomic E-state index is 13.2. The average Bonchev–Trinajstić information content (AvgIpc) is 3.27. The van der Waals surface area contributed by atoms with E-state index in [4.69, 9.17) is 18.9 Å². The zero-order chi connectivity index (χ0) is 39.5. The highest BCUT2D eigenvalue weighted by molar-refractivity contribution is 6.17. The molecule has 290 valence electrons. The molecule has 0 atom stereocenters. The number of fused-ring (bicyclic) bond motifs is 4. The van der Waals surface area contributed by atoms with Gasteiger partial charge in [0.2, 0.25) is 0 Å². The summed E-state index contributed by atoms with van der Waals surface area (Å²) in [7, 11) is 0.